The van der Waals surface area contributed by atoms with Gasteiger partial charge in [0.15, 0.2) is 0 Å². The van der Waals surface area contributed by atoms with Gasteiger partial charge in [-0.05, 0) is 109 Å². The first kappa shape index (κ1) is 37.8. The molecule has 0 amide bonds. The van der Waals surface area contributed by atoms with E-state index in [1.54, 1.807) is 27.3 Å². The molecule has 368 valence electrons. The van der Waals surface area contributed by atoms with E-state index in [-0.39, 0.29) is 54.4 Å². The minimum atomic E-state index is -0.584. The van der Waals surface area contributed by atoms with Crippen LogP contribution in [0, 0.1) is 18.5 Å². The Balaban J connectivity index is 0.00000724. The topological polar surface area (TPSA) is 35.9 Å². The molecule has 10 aromatic carbocycles. The van der Waals surface area contributed by atoms with Crippen molar-refractivity contribution in [3.63, 3.8) is 0 Å². The van der Waals surface area contributed by atoms with Gasteiger partial charge in [0.25, 0.3) is 6.33 Å². The molecule has 0 fully saturated rings. The van der Waals surface area contributed by atoms with Crippen molar-refractivity contribution in [3.05, 3.63) is 273 Å². The number of rotatable bonds is 10. The molecule has 0 saturated heterocycles. The molecule has 13 rings (SSSR count). The van der Waals surface area contributed by atoms with E-state index in [4.69, 9.17) is 17.9 Å². The summed E-state index contributed by atoms with van der Waals surface area (Å²) in [5.41, 5.74) is 9.90. The van der Waals surface area contributed by atoms with E-state index in [2.05, 4.69) is 104 Å². The molecule has 0 unspecified atom stereocenters. The first-order chi connectivity index (χ1) is 40.9. The maximum Gasteiger partial charge on any atom is 0.268 e. The number of fused-ring (bicyclic) bond motifs is 4. The maximum atomic E-state index is 9.23. The maximum absolute atomic E-state index is 9.23. The normalized spacial score (nSPS) is 13.4. The third kappa shape index (κ3) is 9.03. The van der Waals surface area contributed by atoms with Crippen molar-refractivity contribution < 1.29 is 44.1 Å². The predicted molar refractivity (Wildman–Crippen MR) is 306 cm³/mol. The fourth-order valence-corrected chi connectivity index (χ4v) is 9.92. The van der Waals surface area contributed by atoms with Crippen LogP contribution in [0.25, 0.3) is 106 Å². The third-order valence-electron chi connectivity index (χ3n) is 13.5. The molecule has 6 heteroatoms. The van der Waals surface area contributed by atoms with Crippen molar-refractivity contribution in [2.24, 2.45) is 0 Å². The molecule has 0 aliphatic heterocycles. The molecule has 0 radical (unpaired) electrons. The Bertz CT molecular complexity index is 4660. The largest absolute Gasteiger partial charge is 0.510 e. The second kappa shape index (κ2) is 20.1. The standard InChI is InChI=1S/C70H50N4O.Pt/c1-70(2,3)56-37-38-71-68(44-56)74-64-32-17-16-29-62(64)63-36-35-58(46-67(63)74)75-59-43-55(54-40-52(48-21-8-4-9-22-48)39-53(41-54)49-23-10-5-11-24-49)42-57(45-59)72-47-73(66-34-19-18-33-65(66)72)69-60(50-25-12-6-13-26-50)30-20-31-61(69)51-27-14-7-15-28-51;/h4-44H,1-3H3;/q-2;/i6D,7D,12D,13D,14D,15D,25D,26D,27D,28D;. The van der Waals surface area contributed by atoms with E-state index in [9.17, 15) is 5.48 Å². The van der Waals surface area contributed by atoms with Crippen LogP contribution < -0.4 is 9.30 Å². The van der Waals surface area contributed by atoms with Gasteiger partial charge in [-0.3, -0.25) is 4.57 Å². The molecule has 3 aromatic heterocycles. The zero-order chi connectivity index (χ0) is 59.2. The molecule has 5 nitrogen and oxygen atoms in total. The smallest absolute Gasteiger partial charge is 0.268 e. The monoisotopic (exact) mass is 1170 g/mol. The third-order valence-corrected chi connectivity index (χ3v) is 13.5. The molecule has 0 aliphatic rings. The van der Waals surface area contributed by atoms with Crippen molar-refractivity contribution in [2.75, 3.05) is 0 Å². The summed E-state index contributed by atoms with van der Waals surface area (Å²) in [6, 6.07) is 61.0. The van der Waals surface area contributed by atoms with Gasteiger partial charge in [0.1, 0.15) is 5.82 Å². The predicted octanol–water partition coefficient (Wildman–Crippen LogP) is 17.2. The summed E-state index contributed by atoms with van der Waals surface area (Å²) in [5, 5.41) is 1.98. The zero-order valence-electron chi connectivity index (χ0n) is 51.4. The summed E-state index contributed by atoms with van der Waals surface area (Å²) in [6.07, 6.45) is 5.39. The first-order valence-corrected chi connectivity index (χ1v) is 24.6. The molecule has 3 heterocycles. The minimum Gasteiger partial charge on any atom is -0.510 e. The number of nitrogens with zero attached hydrogens (tertiary/aromatic N) is 4. The molecule has 0 aliphatic carbocycles. The van der Waals surface area contributed by atoms with Crippen LogP contribution in [0.1, 0.15) is 40.0 Å². The van der Waals surface area contributed by atoms with Gasteiger partial charge >= 0.3 is 0 Å². The molecular weight excluding hydrogens is 1110 g/mol. The van der Waals surface area contributed by atoms with Crippen LogP contribution in [0.2, 0.25) is 0 Å². The van der Waals surface area contributed by atoms with Crippen LogP contribution in [0.15, 0.2) is 249 Å². The van der Waals surface area contributed by atoms with E-state index in [0.717, 1.165) is 66.6 Å². The van der Waals surface area contributed by atoms with Crippen LogP contribution in [-0.4, -0.2) is 14.1 Å². The van der Waals surface area contributed by atoms with E-state index < -0.39 is 60.4 Å². The Labute approximate surface area is 471 Å². The zero-order valence-corrected chi connectivity index (χ0v) is 43.7. The average molecular weight is 1170 g/mol. The van der Waals surface area contributed by atoms with Gasteiger partial charge in [0.2, 0.25) is 0 Å². The molecule has 0 saturated carbocycles. The van der Waals surface area contributed by atoms with Gasteiger partial charge in [0.05, 0.1) is 30.4 Å². The molecule has 13 aromatic rings. The summed E-state index contributed by atoms with van der Waals surface area (Å²) >= 11 is 0. The van der Waals surface area contributed by atoms with Crippen LogP contribution in [0.5, 0.6) is 11.5 Å². The summed E-state index contributed by atoms with van der Waals surface area (Å²) in [4.78, 5) is 4.89. The number of aromatic nitrogens is 4. The summed E-state index contributed by atoms with van der Waals surface area (Å²) in [5.74, 6) is 1.46. The van der Waals surface area contributed by atoms with Crippen molar-refractivity contribution in [1.29, 1.82) is 0 Å². The molecule has 0 N–H and O–H groups in total. The quantitative estimate of drug-likeness (QED) is 0.101. The van der Waals surface area contributed by atoms with E-state index in [1.165, 1.54) is 0 Å². The Kier molecular flexibility index (Phi) is 9.99. The fraction of sp³-hybridized carbons (Fsp3) is 0.0571. The summed E-state index contributed by atoms with van der Waals surface area (Å²) < 4.78 is 101. The first-order valence-electron chi connectivity index (χ1n) is 29.6. The minimum absolute atomic E-state index is 0. The van der Waals surface area contributed by atoms with E-state index in [0.29, 0.717) is 28.2 Å². The second-order valence-electron chi connectivity index (χ2n) is 19.3. The van der Waals surface area contributed by atoms with Gasteiger partial charge in [0, 0.05) is 44.3 Å². The summed E-state index contributed by atoms with van der Waals surface area (Å²) in [6.45, 7) is 6.53. The Morgan fingerprint density at radius 1 is 0.500 bits per heavy atom. The number of benzene rings is 10. The van der Waals surface area contributed by atoms with Gasteiger partial charge < -0.3 is 13.9 Å². The van der Waals surface area contributed by atoms with Crippen molar-refractivity contribution in [3.8, 4) is 84.3 Å². The molecule has 76 heavy (non-hydrogen) atoms. The van der Waals surface area contributed by atoms with Crippen LogP contribution in [0.3, 0.4) is 0 Å². The molecule has 0 bridgehead atoms. The number of ether oxygens (including phenoxy) is 1. The molecule has 0 atom stereocenters. The van der Waals surface area contributed by atoms with Gasteiger partial charge in [-0.15, -0.1) is 35.2 Å². The van der Waals surface area contributed by atoms with Crippen LogP contribution >= 0.6 is 0 Å². The van der Waals surface area contributed by atoms with Gasteiger partial charge in [-0.2, -0.15) is 12.1 Å². The van der Waals surface area contributed by atoms with Gasteiger partial charge in [-0.1, -0.05) is 208 Å². The summed E-state index contributed by atoms with van der Waals surface area (Å²) in [7, 11) is 0. The number of para-hydroxylation sites is 4. The van der Waals surface area contributed by atoms with Crippen molar-refractivity contribution in [1.82, 2.24) is 14.1 Å². The Hall–Kier alpha value is -8.89. The Morgan fingerprint density at radius 3 is 1.72 bits per heavy atom. The number of hydrogen-bond donors (Lipinski definition) is 0. The van der Waals surface area contributed by atoms with Crippen LogP contribution in [-0.2, 0) is 26.5 Å². The second-order valence-corrected chi connectivity index (χ2v) is 19.3. The van der Waals surface area contributed by atoms with Crippen molar-refractivity contribution >= 4 is 32.8 Å². The SMILES string of the molecule is [2H]c1c([2H])c([2H])c(-c2cccc(-c3c([2H])c([2H])c([2H])c([2H])c3[2H])c2-[n+]2[c-]n(-c3[c-]c(Oc4[c-]c5c(cc4)c4ccccc4n5-c4cc(C(C)(C)C)ccn4)cc(-c4cc(-c5ccccc5)cc(-c5ccccc5)c4)c3)c3ccccc32)c([2H])c1[2H].[Pt]. The number of pyridine rings is 1. The average Bonchev–Trinajstić information content (AvgIpc) is 1.73. The van der Waals surface area contributed by atoms with Gasteiger partial charge in [-0.25, -0.2) is 4.98 Å². The molecule has 0 spiro atoms. The molecular formula is C70H50N4OPt-2. The van der Waals surface area contributed by atoms with Crippen molar-refractivity contribution in [2.45, 2.75) is 26.2 Å². The number of hydrogen-bond acceptors (Lipinski definition) is 2. The Morgan fingerprint density at radius 2 is 1.08 bits per heavy atom. The fourth-order valence-electron chi connectivity index (χ4n) is 9.92. The number of imidazole rings is 1. The van der Waals surface area contributed by atoms with E-state index >= 15 is 0 Å². The van der Waals surface area contributed by atoms with Crippen LogP contribution in [0.4, 0.5) is 0 Å². The van der Waals surface area contributed by atoms with E-state index in [1.807, 2.05) is 109 Å².